The van der Waals surface area contributed by atoms with Gasteiger partial charge in [-0.3, -0.25) is 9.78 Å². The Balaban J connectivity index is 2.00. The van der Waals surface area contributed by atoms with E-state index in [1.807, 2.05) is 19.1 Å². The average Bonchev–Trinajstić information content (AvgIpc) is 2.55. The van der Waals surface area contributed by atoms with E-state index >= 15 is 0 Å². The maximum Gasteiger partial charge on any atom is 0.573 e. The number of alkyl halides is 3. The number of aromatic nitrogens is 1. The summed E-state index contributed by atoms with van der Waals surface area (Å²) < 4.78 is 41.0. The van der Waals surface area contributed by atoms with Crippen LogP contribution in [0.1, 0.15) is 37.4 Å². The second-order valence-corrected chi connectivity index (χ2v) is 6.17. The van der Waals surface area contributed by atoms with Gasteiger partial charge in [-0.15, -0.1) is 13.2 Å². The Labute approximate surface area is 143 Å². The number of ketones is 1. The number of rotatable bonds is 5. The van der Waals surface area contributed by atoms with Gasteiger partial charge in [0.05, 0.1) is 5.69 Å². The number of carbonyl (C=O) groups is 1. The molecule has 1 aromatic carbocycles. The van der Waals surface area contributed by atoms with Crippen LogP contribution in [0.3, 0.4) is 0 Å². The molecular formula is C19H18F3NO2. The van der Waals surface area contributed by atoms with Gasteiger partial charge in [-0.2, -0.15) is 0 Å². The Morgan fingerprint density at radius 1 is 1.24 bits per heavy atom. The zero-order valence-electron chi connectivity index (χ0n) is 13.7. The van der Waals surface area contributed by atoms with Gasteiger partial charge in [0, 0.05) is 24.0 Å². The van der Waals surface area contributed by atoms with Crippen LogP contribution in [0.25, 0.3) is 0 Å². The van der Waals surface area contributed by atoms with Crippen molar-refractivity contribution in [2.75, 3.05) is 0 Å². The van der Waals surface area contributed by atoms with Gasteiger partial charge in [0.1, 0.15) is 11.5 Å². The monoisotopic (exact) mass is 349 g/mol. The van der Waals surface area contributed by atoms with Crippen molar-refractivity contribution in [2.45, 2.75) is 38.0 Å². The van der Waals surface area contributed by atoms with Crippen LogP contribution in [0.4, 0.5) is 13.2 Å². The van der Waals surface area contributed by atoms with Gasteiger partial charge in [-0.1, -0.05) is 25.1 Å². The van der Waals surface area contributed by atoms with E-state index in [9.17, 15) is 18.0 Å². The molecule has 3 rings (SSSR count). The third kappa shape index (κ3) is 3.25. The van der Waals surface area contributed by atoms with Gasteiger partial charge < -0.3 is 4.74 Å². The minimum atomic E-state index is -4.72. The van der Waals surface area contributed by atoms with E-state index in [1.165, 1.54) is 12.1 Å². The lowest BCUT2D eigenvalue weighted by atomic mass is 9.53. The van der Waals surface area contributed by atoms with Crippen LogP contribution in [0, 0.1) is 5.92 Å². The Bertz CT molecular complexity index is 744. The Morgan fingerprint density at radius 3 is 2.44 bits per heavy atom. The van der Waals surface area contributed by atoms with Crippen molar-refractivity contribution in [3.05, 3.63) is 59.9 Å². The van der Waals surface area contributed by atoms with Crippen molar-refractivity contribution < 1.29 is 22.7 Å². The van der Waals surface area contributed by atoms with E-state index in [4.69, 9.17) is 0 Å². The summed E-state index contributed by atoms with van der Waals surface area (Å²) >= 11 is 0. The summed E-state index contributed by atoms with van der Waals surface area (Å²) in [6.07, 6.45) is -1.14. The third-order valence-corrected chi connectivity index (χ3v) is 4.88. The molecule has 1 aliphatic carbocycles. The number of Topliss-reactive ketones (excluding diaryl/α,β-unsaturated/α-hetero) is 1. The van der Waals surface area contributed by atoms with Crippen LogP contribution in [0.5, 0.6) is 5.75 Å². The molecule has 0 bridgehead atoms. The molecule has 1 heterocycles. The number of pyridine rings is 1. The summed E-state index contributed by atoms with van der Waals surface area (Å²) in [5, 5.41) is 0. The van der Waals surface area contributed by atoms with Gasteiger partial charge in [0.15, 0.2) is 0 Å². The van der Waals surface area contributed by atoms with Crippen LogP contribution >= 0.6 is 0 Å². The number of nitrogens with zero attached hydrogens (tertiary/aromatic N) is 1. The van der Waals surface area contributed by atoms with Crippen LogP contribution < -0.4 is 4.74 Å². The molecule has 1 fully saturated rings. The fraction of sp³-hybridized carbons (Fsp3) is 0.368. The standard InChI is InChI=1S/C19H18F3NO2/c1-2-16(24)15-10-11-18(15,17-5-3-4-12-23-17)13-6-8-14(9-7-13)25-19(20,21)22/h3-9,12,15H,2,10-11H2,1H3. The van der Waals surface area contributed by atoms with Crippen LogP contribution in [0.15, 0.2) is 48.7 Å². The molecule has 2 atom stereocenters. The second-order valence-electron chi connectivity index (χ2n) is 6.17. The second kappa shape index (κ2) is 6.50. The highest BCUT2D eigenvalue weighted by Gasteiger charge is 2.53. The predicted octanol–water partition coefficient (Wildman–Crippen LogP) is 4.66. The van der Waals surface area contributed by atoms with Gasteiger partial charge in [0.25, 0.3) is 0 Å². The van der Waals surface area contributed by atoms with E-state index in [0.717, 1.165) is 24.1 Å². The molecular weight excluding hydrogens is 331 g/mol. The smallest absolute Gasteiger partial charge is 0.406 e. The molecule has 1 aliphatic rings. The molecule has 0 radical (unpaired) electrons. The summed E-state index contributed by atoms with van der Waals surface area (Å²) in [5.41, 5.74) is 0.988. The van der Waals surface area contributed by atoms with Crippen molar-refractivity contribution in [3.8, 4) is 5.75 Å². The maximum atomic E-state index is 12.4. The Morgan fingerprint density at radius 2 is 1.96 bits per heavy atom. The summed E-state index contributed by atoms with van der Waals surface area (Å²) in [5.74, 6) is -0.334. The molecule has 2 aromatic rings. The molecule has 1 aromatic heterocycles. The average molecular weight is 349 g/mol. The van der Waals surface area contributed by atoms with Gasteiger partial charge in [-0.05, 0) is 42.7 Å². The van der Waals surface area contributed by atoms with Crippen molar-refractivity contribution in [1.82, 2.24) is 4.98 Å². The van der Waals surface area contributed by atoms with Crippen LogP contribution in [0.2, 0.25) is 0 Å². The van der Waals surface area contributed by atoms with Crippen molar-refractivity contribution >= 4 is 5.78 Å². The molecule has 25 heavy (non-hydrogen) atoms. The van der Waals surface area contributed by atoms with E-state index in [1.54, 1.807) is 24.4 Å². The Kier molecular flexibility index (Phi) is 4.54. The first-order valence-corrected chi connectivity index (χ1v) is 8.17. The van der Waals surface area contributed by atoms with E-state index in [-0.39, 0.29) is 17.5 Å². The van der Waals surface area contributed by atoms with Crippen LogP contribution in [-0.2, 0) is 10.2 Å². The Hall–Kier alpha value is -2.37. The zero-order valence-corrected chi connectivity index (χ0v) is 13.7. The topological polar surface area (TPSA) is 39.2 Å². The lowest BCUT2D eigenvalue weighted by Crippen LogP contribution is -2.49. The summed E-state index contributed by atoms with van der Waals surface area (Å²) in [6.45, 7) is 1.82. The number of hydrogen-bond acceptors (Lipinski definition) is 3. The van der Waals surface area contributed by atoms with Crippen molar-refractivity contribution in [1.29, 1.82) is 0 Å². The highest BCUT2D eigenvalue weighted by atomic mass is 19.4. The first kappa shape index (κ1) is 17.5. The predicted molar refractivity (Wildman–Crippen MR) is 86.2 cm³/mol. The third-order valence-electron chi connectivity index (χ3n) is 4.88. The molecule has 0 aliphatic heterocycles. The van der Waals surface area contributed by atoms with Gasteiger partial charge >= 0.3 is 6.36 Å². The quantitative estimate of drug-likeness (QED) is 0.788. The molecule has 0 saturated heterocycles. The van der Waals surface area contributed by atoms with Gasteiger partial charge in [0.2, 0.25) is 0 Å². The van der Waals surface area contributed by atoms with Crippen molar-refractivity contribution in [2.24, 2.45) is 5.92 Å². The zero-order chi connectivity index (χ0) is 18.1. The largest absolute Gasteiger partial charge is 0.573 e. The van der Waals surface area contributed by atoms with Crippen molar-refractivity contribution in [3.63, 3.8) is 0 Å². The SMILES string of the molecule is CCC(=O)C1CCC1(c1ccc(OC(F)(F)F)cc1)c1ccccn1. The fourth-order valence-corrected chi connectivity index (χ4v) is 3.64. The highest BCUT2D eigenvalue weighted by molar-refractivity contribution is 5.84. The number of ether oxygens (including phenoxy) is 1. The normalized spacial score (nSPS) is 23.0. The fourth-order valence-electron chi connectivity index (χ4n) is 3.64. The minimum absolute atomic E-state index is 0.146. The maximum absolute atomic E-state index is 12.4. The highest BCUT2D eigenvalue weighted by Crippen LogP contribution is 2.53. The number of halogens is 3. The molecule has 1 saturated carbocycles. The summed E-state index contributed by atoms with van der Waals surface area (Å²) in [4.78, 5) is 16.8. The number of hydrogen-bond donors (Lipinski definition) is 0. The first-order valence-electron chi connectivity index (χ1n) is 8.17. The van der Waals surface area contributed by atoms with E-state index in [0.29, 0.717) is 6.42 Å². The van der Waals surface area contributed by atoms with E-state index in [2.05, 4.69) is 9.72 Å². The lowest BCUT2D eigenvalue weighted by molar-refractivity contribution is -0.274. The molecule has 2 unspecified atom stereocenters. The lowest BCUT2D eigenvalue weighted by Gasteiger charge is -2.49. The first-order chi connectivity index (χ1) is 11.9. The molecule has 0 spiro atoms. The molecule has 132 valence electrons. The van der Waals surface area contributed by atoms with Gasteiger partial charge in [-0.25, -0.2) is 0 Å². The number of benzene rings is 1. The number of carbonyl (C=O) groups excluding carboxylic acids is 1. The van der Waals surface area contributed by atoms with Crippen LogP contribution in [-0.4, -0.2) is 17.1 Å². The summed E-state index contributed by atoms with van der Waals surface area (Å²) in [6, 6.07) is 11.3. The minimum Gasteiger partial charge on any atom is -0.406 e. The summed E-state index contributed by atoms with van der Waals surface area (Å²) in [7, 11) is 0. The van der Waals surface area contributed by atoms with E-state index < -0.39 is 11.8 Å². The molecule has 0 N–H and O–H groups in total. The molecule has 0 amide bonds. The molecule has 6 heteroatoms. The molecule has 3 nitrogen and oxygen atoms in total.